The van der Waals surface area contributed by atoms with Gasteiger partial charge in [0.15, 0.2) is 0 Å². The molecule has 0 fully saturated rings. The molecule has 0 rings (SSSR count). The molecule has 0 spiro atoms. The van der Waals surface area contributed by atoms with E-state index in [1.54, 1.807) is 11.8 Å². The summed E-state index contributed by atoms with van der Waals surface area (Å²) in [5, 5.41) is 7.89. The molecule has 0 aliphatic rings. The zero-order valence-corrected chi connectivity index (χ0v) is 8.84. The number of alkyl halides is 1. The second-order valence-electron chi connectivity index (χ2n) is 2.85. The van der Waals surface area contributed by atoms with Crippen molar-refractivity contribution >= 4 is 17.5 Å². The zero-order chi connectivity index (χ0) is 10.3. The molecule has 13 heavy (non-hydrogen) atoms. The Hall–Kier alpha value is -0.750. The van der Waals surface area contributed by atoms with Crippen molar-refractivity contribution in [3.8, 4) is 6.07 Å². The Morgan fingerprint density at radius 3 is 2.62 bits per heavy atom. The van der Waals surface area contributed by atoms with E-state index in [2.05, 4.69) is 0 Å². The molecule has 1 atom stereocenters. The van der Waals surface area contributed by atoms with Gasteiger partial charge in [0.25, 0.3) is 0 Å². The molecule has 0 heterocycles. The molecule has 74 valence electrons. The number of halogens is 1. The van der Waals surface area contributed by atoms with Gasteiger partial charge in [0, 0.05) is 13.1 Å². The lowest BCUT2D eigenvalue weighted by Gasteiger charge is -2.21. The van der Waals surface area contributed by atoms with E-state index < -0.39 is 5.38 Å². The first-order chi connectivity index (χ1) is 6.13. The Kier molecular flexibility index (Phi) is 6.34. The summed E-state index contributed by atoms with van der Waals surface area (Å²) in [7, 11) is 0. The Bertz CT molecular complexity index is 198. The fraction of sp³-hybridized carbons (Fsp3) is 0.778. The van der Waals surface area contributed by atoms with Crippen molar-refractivity contribution in [3.63, 3.8) is 0 Å². The lowest BCUT2D eigenvalue weighted by molar-refractivity contribution is -0.130. The van der Waals surface area contributed by atoms with Crippen LogP contribution in [0.4, 0.5) is 0 Å². The largest absolute Gasteiger partial charge is 0.340 e. The Morgan fingerprint density at radius 2 is 2.23 bits per heavy atom. The minimum atomic E-state index is -0.495. The SMILES string of the molecule is CCCN(CCC#N)C(=O)C(C)Cl. The Labute approximate surface area is 84.3 Å². The maximum absolute atomic E-state index is 11.4. The van der Waals surface area contributed by atoms with Crippen molar-refractivity contribution in [1.29, 1.82) is 5.26 Å². The number of rotatable bonds is 5. The minimum absolute atomic E-state index is 0.0845. The first-order valence-corrected chi connectivity index (χ1v) is 4.87. The lowest BCUT2D eigenvalue weighted by atomic mass is 10.3. The summed E-state index contributed by atoms with van der Waals surface area (Å²) in [5.41, 5.74) is 0. The highest BCUT2D eigenvalue weighted by Gasteiger charge is 2.16. The van der Waals surface area contributed by atoms with Gasteiger partial charge in [-0.1, -0.05) is 6.92 Å². The summed E-state index contributed by atoms with van der Waals surface area (Å²) >= 11 is 5.66. The van der Waals surface area contributed by atoms with Crippen molar-refractivity contribution in [2.45, 2.75) is 32.1 Å². The molecule has 0 aromatic heterocycles. The first-order valence-electron chi connectivity index (χ1n) is 4.43. The van der Waals surface area contributed by atoms with Gasteiger partial charge in [0.05, 0.1) is 12.5 Å². The van der Waals surface area contributed by atoms with Crippen molar-refractivity contribution in [3.05, 3.63) is 0 Å². The van der Waals surface area contributed by atoms with Gasteiger partial charge < -0.3 is 4.90 Å². The molecule has 0 aromatic rings. The lowest BCUT2D eigenvalue weighted by Crippen LogP contribution is -2.36. The van der Waals surface area contributed by atoms with Crippen LogP contribution in [0.3, 0.4) is 0 Å². The fourth-order valence-electron chi connectivity index (χ4n) is 1.04. The highest BCUT2D eigenvalue weighted by Crippen LogP contribution is 2.03. The van der Waals surface area contributed by atoms with Gasteiger partial charge in [0.2, 0.25) is 5.91 Å². The van der Waals surface area contributed by atoms with E-state index in [1.165, 1.54) is 0 Å². The summed E-state index contributed by atoms with van der Waals surface area (Å²) < 4.78 is 0. The van der Waals surface area contributed by atoms with Crippen molar-refractivity contribution in [2.24, 2.45) is 0 Å². The third-order valence-corrected chi connectivity index (χ3v) is 1.83. The van der Waals surface area contributed by atoms with Gasteiger partial charge in [-0.25, -0.2) is 0 Å². The van der Waals surface area contributed by atoms with E-state index in [0.29, 0.717) is 19.5 Å². The highest BCUT2D eigenvalue weighted by molar-refractivity contribution is 6.30. The molecule has 0 aliphatic carbocycles. The summed E-state index contributed by atoms with van der Waals surface area (Å²) in [4.78, 5) is 13.1. The molecule has 3 nitrogen and oxygen atoms in total. The molecular formula is C9H15ClN2O. The van der Waals surface area contributed by atoms with Crippen LogP contribution in [0.25, 0.3) is 0 Å². The number of hydrogen-bond acceptors (Lipinski definition) is 2. The molecule has 4 heteroatoms. The third-order valence-electron chi connectivity index (χ3n) is 1.64. The second-order valence-corrected chi connectivity index (χ2v) is 3.50. The fourth-order valence-corrected chi connectivity index (χ4v) is 1.18. The topological polar surface area (TPSA) is 44.1 Å². The molecule has 1 amide bonds. The zero-order valence-electron chi connectivity index (χ0n) is 8.09. The van der Waals surface area contributed by atoms with Crippen LogP contribution in [-0.4, -0.2) is 29.3 Å². The summed E-state index contributed by atoms with van der Waals surface area (Å²) in [6.45, 7) is 4.81. The third kappa shape index (κ3) is 4.74. The molecule has 0 bridgehead atoms. The molecule has 0 radical (unpaired) electrons. The molecular weight excluding hydrogens is 188 g/mol. The van der Waals surface area contributed by atoms with Crippen LogP contribution < -0.4 is 0 Å². The molecule has 0 aliphatic heterocycles. The average molecular weight is 203 g/mol. The summed E-state index contributed by atoms with van der Waals surface area (Å²) in [5.74, 6) is -0.0845. The van der Waals surface area contributed by atoms with Crippen LogP contribution in [0.1, 0.15) is 26.7 Å². The first kappa shape index (κ1) is 12.2. The standard InChI is InChI=1S/C9H15ClN2O/c1-3-6-12(7-4-5-11)9(13)8(2)10/h8H,3-4,6-7H2,1-2H3. The quantitative estimate of drug-likeness (QED) is 0.638. The number of hydrogen-bond donors (Lipinski definition) is 0. The number of carbonyl (C=O) groups excluding carboxylic acids is 1. The van der Waals surface area contributed by atoms with Gasteiger partial charge in [-0.3, -0.25) is 4.79 Å². The van der Waals surface area contributed by atoms with Crippen LogP contribution in [0.5, 0.6) is 0 Å². The van der Waals surface area contributed by atoms with Gasteiger partial charge in [-0.05, 0) is 13.3 Å². The number of amides is 1. The van der Waals surface area contributed by atoms with Crippen LogP contribution in [-0.2, 0) is 4.79 Å². The van der Waals surface area contributed by atoms with E-state index in [1.807, 2.05) is 13.0 Å². The van der Waals surface area contributed by atoms with Gasteiger partial charge in [0.1, 0.15) is 5.38 Å². The van der Waals surface area contributed by atoms with Crippen LogP contribution in [0.2, 0.25) is 0 Å². The van der Waals surface area contributed by atoms with E-state index in [4.69, 9.17) is 16.9 Å². The maximum Gasteiger partial charge on any atom is 0.240 e. The second kappa shape index (κ2) is 6.73. The van der Waals surface area contributed by atoms with E-state index in [-0.39, 0.29) is 5.91 Å². The van der Waals surface area contributed by atoms with E-state index in [9.17, 15) is 4.79 Å². The summed E-state index contributed by atoms with van der Waals surface area (Å²) in [6, 6.07) is 2.01. The normalized spacial score (nSPS) is 11.8. The van der Waals surface area contributed by atoms with E-state index in [0.717, 1.165) is 6.42 Å². The summed E-state index contributed by atoms with van der Waals surface area (Å²) in [6.07, 6.45) is 1.26. The van der Waals surface area contributed by atoms with Crippen molar-refractivity contribution < 1.29 is 4.79 Å². The number of nitriles is 1. The number of carbonyl (C=O) groups is 1. The predicted octanol–water partition coefficient (Wildman–Crippen LogP) is 1.77. The highest BCUT2D eigenvalue weighted by atomic mass is 35.5. The predicted molar refractivity (Wildman–Crippen MR) is 52.4 cm³/mol. The van der Waals surface area contributed by atoms with Crippen LogP contribution in [0, 0.1) is 11.3 Å². The number of nitrogens with zero attached hydrogens (tertiary/aromatic N) is 2. The van der Waals surface area contributed by atoms with Crippen LogP contribution >= 0.6 is 11.6 Å². The molecule has 0 N–H and O–H groups in total. The van der Waals surface area contributed by atoms with Crippen LogP contribution in [0.15, 0.2) is 0 Å². The smallest absolute Gasteiger partial charge is 0.240 e. The molecule has 0 saturated heterocycles. The maximum atomic E-state index is 11.4. The Balaban J connectivity index is 4.08. The average Bonchev–Trinajstić information content (AvgIpc) is 2.11. The van der Waals surface area contributed by atoms with E-state index >= 15 is 0 Å². The van der Waals surface area contributed by atoms with Gasteiger partial charge in [-0.15, -0.1) is 11.6 Å². The monoisotopic (exact) mass is 202 g/mol. The van der Waals surface area contributed by atoms with Crippen molar-refractivity contribution in [2.75, 3.05) is 13.1 Å². The van der Waals surface area contributed by atoms with Gasteiger partial charge >= 0.3 is 0 Å². The van der Waals surface area contributed by atoms with Gasteiger partial charge in [-0.2, -0.15) is 5.26 Å². The molecule has 1 unspecified atom stereocenters. The van der Waals surface area contributed by atoms with Crippen molar-refractivity contribution in [1.82, 2.24) is 4.90 Å². The minimum Gasteiger partial charge on any atom is -0.340 e. The molecule has 0 aromatic carbocycles. The Morgan fingerprint density at radius 1 is 1.62 bits per heavy atom. The molecule has 0 saturated carbocycles.